The van der Waals surface area contributed by atoms with Crippen LogP contribution in [0, 0.1) is 6.92 Å². The number of hydrogen-bond acceptors (Lipinski definition) is 5. The molecule has 0 spiro atoms. The Kier molecular flexibility index (Phi) is 5.55. The highest BCUT2D eigenvalue weighted by molar-refractivity contribution is 5.94. The standard InChI is InChI=1S/C21H24N4O3/c1-16-7-8-20(28-16)18-15-19(25(23-18)17-5-3-2-4-6-17)21(26)22-9-10-24-11-13-27-14-12-24/h2-8,15H,9-14H2,1H3,(H,22,26). The van der Waals surface area contributed by atoms with Crippen LogP contribution in [-0.2, 0) is 4.74 Å². The number of carbonyl (C=O) groups excluding carboxylic acids is 1. The number of para-hydroxylation sites is 1. The van der Waals surface area contributed by atoms with Gasteiger partial charge < -0.3 is 14.5 Å². The minimum atomic E-state index is -0.154. The Hall–Kier alpha value is -2.90. The molecule has 7 heteroatoms. The highest BCUT2D eigenvalue weighted by Crippen LogP contribution is 2.23. The maximum absolute atomic E-state index is 12.9. The quantitative estimate of drug-likeness (QED) is 0.711. The molecule has 1 aliphatic rings. The van der Waals surface area contributed by atoms with Crippen molar-refractivity contribution in [1.29, 1.82) is 0 Å². The minimum Gasteiger partial charge on any atom is -0.460 e. The van der Waals surface area contributed by atoms with Crippen molar-refractivity contribution in [2.75, 3.05) is 39.4 Å². The molecule has 1 fully saturated rings. The molecule has 7 nitrogen and oxygen atoms in total. The van der Waals surface area contributed by atoms with Gasteiger partial charge in [0.1, 0.15) is 17.1 Å². The van der Waals surface area contributed by atoms with Gasteiger partial charge in [-0.3, -0.25) is 9.69 Å². The lowest BCUT2D eigenvalue weighted by atomic mass is 10.2. The Morgan fingerprint density at radius 1 is 1.14 bits per heavy atom. The van der Waals surface area contributed by atoms with E-state index < -0.39 is 0 Å². The molecule has 0 unspecified atom stereocenters. The summed E-state index contributed by atoms with van der Waals surface area (Å²) in [4.78, 5) is 15.2. The summed E-state index contributed by atoms with van der Waals surface area (Å²) in [5.74, 6) is 1.30. The van der Waals surface area contributed by atoms with Gasteiger partial charge in [-0.05, 0) is 31.2 Å². The van der Waals surface area contributed by atoms with Gasteiger partial charge in [-0.25, -0.2) is 4.68 Å². The first-order chi connectivity index (χ1) is 13.7. The van der Waals surface area contributed by atoms with E-state index in [0.29, 0.717) is 23.7 Å². The summed E-state index contributed by atoms with van der Waals surface area (Å²) >= 11 is 0. The Morgan fingerprint density at radius 2 is 1.93 bits per heavy atom. The molecule has 1 amide bonds. The number of aromatic nitrogens is 2. The summed E-state index contributed by atoms with van der Waals surface area (Å²) in [5.41, 5.74) is 1.95. The fourth-order valence-corrected chi connectivity index (χ4v) is 3.24. The molecule has 1 aliphatic heterocycles. The van der Waals surface area contributed by atoms with Crippen molar-refractivity contribution in [2.45, 2.75) is 6.92 Å². The first-order valence-electron chi connectivity index (χ1n) is 9.51. The third-order valence-corrected chi connectivity index (χ3v) is 4.75. The second-order valence-corrected chi connectivity index (χ2v) is 6.78. The Labute approximate surface area is 163 Å². The summed E-state index contributed by atoms with van der Waals surface area (Å²) in [6.45, 7) is 6.57. The minimum absolute atomic E-state index is 0.154. The smallest absolute Gasteiger partial charge is 0.270 e. The molecule has 0 radical (unpaired) electrons. The van der Waals surface area contributed by atoms with E-state index in [-0.39, 0.29) is 5.91 Å². The van der Waals surface area contributed by atoms with E-state index in [4.69, 9.17) is 9.15 Å². The van der Waals surface area contributed by atoms with Crippen LogP contribution in [-0.4, -0.2) is 60.0 Å². The third kappa shape index (κ3) is 4.16. The first kappa shape index (κ1) is 18.5. The molecule has 0 aliphatic carbocycles. The topological polar surface area (TPSA) is 72.5 Å². The number of nitrogens with one attached hydrogen (secondary N) is 1. The van der Waals surface area contributed by atoms with Crippen LogP contribution < -0.4 is 5.32 Å². The van der Waals surface area contributed by atoms with E-state index in [0.717, 1.165) is 44.3 Å². The molecule has 146 valence electrons. The van der Waals surface area contributed by atoms with Crippen LogP contribution in [0.3, 0.4) is 0 Å². The lowest BCUT2D eigenvalue weighted by Gasteiger charge is -2.26. The molecule has 28 heavy (non-hydrogen) atoms. The van der Waals surface area contributed by atoms with Crippen molar-refractivity contribution >= 4 is 5.91 Å². The fraction of sp³-hybridized carbons (Fsp3) is 0.333. The van der Waals surface area contributed by atoms with Gasteiger partial charge in [-0.2, -0.15) is 5.10 Å². The Bertz CT molecular complexity index is 926. The summed E-state index contributed by atoms with van der Waals surface area (Å²) in [6.07, 6.45) is 0. The predicted octanol–water partition coefficient (Wildman–Crippen LogP) is 2.50. The summed E-state index contributed by atoms with van der Waals surface area (Å²) < 4.78 is 12.7. The van der Waals surface area contributed by atoms with E-state index in [1.807, 2.05) is 49.4 Å². The molecule has 1 saturated heterocycles. The van der Waals surface area contributed by atoms with Crippen molar-refractivity contribution in [3.05, 3.63) is 60.0 Å². The number of morpholine rings is 1. The molecular weight excluding hydrogens is 356 g/mol. The number of aryl methyl sites for hydroxylation is 1. The highest BCUT2D eigenvalue weighted by Gasteiger charge is 2.19. The summed E-state index contributed by atoms with van der Waals surface area (Å²) in [6, 6.07) is 15.2. The number of rotatable bonds is 6. The number of ether oxygens (including phenoxy) is 1. The molecule has 1 N–H and O–H groups in total. The molecule has 0 saturated carbocycles. The van der Waals surface area contributed by atoms with Crippen molar-refractivity contribution in [2.24, 2.45) is 0 Å². The van der Waals surface area contributed by atoms with E-state index in [9.17, 15) is 4.79 Å². The lowest BCUT2D eigenvalue weighted by molar-refractivity contribution is 0.0383. The van der Waals surface area contributed by atoms with Crippen molar-refractivity contribution in [3.63, 3.8) is 0 Å². The van der Waals surface area contributed by atoms with Gasteiger partial charge in [0, 0.05) is 32.2 Å². The third-order valence-electron chi connectivity index (χ3n) is 4.75. The average molecular weight is 380 g/mol. The van der Waals surface area contributed by atoms with Crippen molar-refractivity contribution in [3.8, 4) is 17.1 Å². The second kappa shape index (κ2) is 8.41. The van der Waals surface area contributed by atoms with Gasteiger partial charge in [0.25, 0.3) is 5.91 Å². The van der Waals surface area contributed by atoms with Gasteiger partial charge in [-0.15, -0.1) is 0 Å². The molecule has 3 heterocycles. The number of carbonyl (C=O) groups is 1. The lowest BCUT2D eigenvalue weighted by Crippen LogP contribution is -2.41. The van der Waals surface area contributed by atoms with E-state index >= 15 is 0 Å². The molecule has 1 aromatic carbocycles. The largest absolute Gasteiger partial charge is 0.460 e. The maximum atomic E-state index is 12.9. The van der Waals surface area contributed by atoms with Crippen LogP contribution in [0.15, 0.2) is 52.9 Å². The van der Waals surface area contributed by atoms with Gasteiger partial charge >= 0.3 is 0 Å². The van der Waals surface area contributed by atoms with Crippen molar-refractivity contribution < 1.29 is 13.9 Å². The van der Waals surface area contributed by atoms with Crippen molar-refractivity contribution in [1.82, 2.24) is 20.0 Å². The van der Waals surface area contributed by atoms with Gasteiger partial charge in [0.2, 0.25) is 0 Å². The molecule has 0 atom stereocenters. The SMILES string of the molecule is Cc1ccc(-c2cc(C(=O)NCCN3CCOCC3)n(-c3ccccc3)n2)o1. The average Bonchev–Trinajstić information content (AvgIpc) is 3.36. The molecule has 0 bridgehead atoms. The Morgan fingerprint density at radius 3 is 2.64 bits per heavy atom. The molecule has 3 aromatic rings. The highest BCUT2D eigenvalue weighted by atomic mass is 16.5. The second-order valence-electron chi connectivity index (χ2n) is 6.78. The van der Waals surface area contributed by atoms with Gasteiger partial charge in [0.15, 0.2) is 5.76 Å². The molecule has 4 rings (SSSR count). The van der Waals surface area contributed by atoms with E-state index in [1.165, 1.54) is 0 Å². The molecular formula is C21H24N4O3. The van der Waals surface area contributed by atoms with Crippen LogP contribution in [0.25, 0.3) is 17.1 Å². The maximum Gasteiger partial charge on any atom is 0.270 e. The normalized spacial score (nSPS) is 14.9. The van der Waals surface area contributed by atoms with Crippen LogP contribution in [0.1, 0.15) is 16.2 Å². The summed E-state index contributed by atoms with van der Waals surface area (Å²) in [5, 5.41) is 7.63. The van der Waals surface area contributed by atoms with Crippen LogP contribution in [0.2, 0.25) is 0 Å². The number of nitrogens with zero attached hydrogens (tertiary/aromatic N) is 3. The zero-order valence-corrected chi connectivity index (χ0v) is 15.9. The molecule has 2 aromatic heterocycles. The number of benzene rings is 1. The monoisotopic (exact) mass is 380 g/mol. The first-order valence-corrected chi connectivity index (χ1v) is 9.51. The fourth-order valence-electron chi connectivity index (χ4n) is 3.24. The Balaban J connectivity index is 1.53. The number of hydrogen-bond donors (Lipinski definition) is 1. The predicted molar refractivity (Wildman–Crippen MR) is 106 cm³/mol. The van der Waals surface area contributed by atoms with Crippen LogP contribution in [0.4, 0.5) is 0 Å². The number of furan rings is 1. The van der Waals surface area contributed by atoms with Gasteiger partial charge in [-0.1, -0.05) is 18.2 Å². The van der Waals surface area contributed by atoms with E-state index in [1.54, 1.807) is 10.7 Å². The number of amides is 1. The van der Waals surface area contributed by atoms with Gasteiger partial charge in [0.05, 0.1) is 18.9 Å². The van der Waals surface area contributed by atoms with Crippen LogP contribution in [0.5, 0.6) is 0 Å². The zero-order valence-electron chi connectivity index (χ0n) is 15.9. The van der Waals surface area contributed by atoms with Crippen LogP contribution >= 0.6 is 0 Å². The summed E-state index contributed by atoms with van der Waals surface area (Å²) in [7, 11) is 0. The van der Waals surface area contributed by atoms with E-state index in [2.05, 4.69) is 15.3 Å². The zero-order chi connectivity index (χ0) is 19.3.